The molecule has 0 atom stereocenters. The molecule has 0 radical (unpaired) electrons. The first-order chi connectivity index (χ1) is 9.13. The predicted molar refractivity (Wildman–Crippen MR) is 69.8 cm³/mol. The maximum Gasteiger partial charge on any atom is 0.224 e. The molecule has 5 nitrogen and oxygen atoms in total. The Balaban J connectivity index is 2.35. The van der Waals surface area contributed by atoms with Crippen LogP contribution in [0.15, 0.2) is 24.4 Å². The van der Waals surface area contributed by atoms with Crippen LogP contribution in [0.5, 0.6) is 11.5 Å². The molecule has 0 saturated carbocycles. The second-order valence-corrected chi connectivity index (χ2v) is 3.86. The van der Waals surface area contributed by atoms with Gasteiger partial charge in [0.15, 0.2) is 11.6 Å². The standard InChI is InChI=1S/C12H11ClFN3O2/c1-18-7-3-4-9(10(5-7)19-2)16-11-8(14)6-15-12(13)17-11/h3-6H,1-2H3,(H,15,16,17). The van der Waals surface area contributed by atoms with E-state index < -0.39 is 5.82 Å². The van der Waals surface area contributed by atoms with Gasteiger partial charge in [-0.3, -0.25) is 0 Å². The van der Waals surface area contributed by atoms with Crippen LogP contribution in [-0.2, 0) is 0 Å². The molecule has 0 saturated heterocycles. The van der Waals surface area contributed by atoms with Gasteiger partial charge < -0.3 is 14.8 Å². The van der Waals surface area contributed by atoms with Gasteiger partial charge in [0.25, 0.3) is 0 Å². The van der Waals surface area contributed by atoms with Gasteiger partial charge in [-0.15, -0.1) is 0 Å². The van der Waals surface area contributed by atoms with Gasteiger partial charge in [0.1, 0.15) is 11.5 Å². The molecule has 100 valence electrons. The molecule has 0 fully saturated rings. The summed E-state index contributed by atoms with van der Waals surface area (Å²) < 4.78 is 23.8. The van der Waals surface area contributed by atoms with Gasteiger partial charge in [-0.1, -0.05) is 0 Å². The Morgan fingerprint density at radius 3 is 2.74 bits per heavy atom. The molecule has 7 heteroatoms. The van der Waals surface area contributed by atoms with E-state index in [1.165, 1.54) is 7.11 Å². The Bertz CT molecular complexity index is 595. The minimum atomic E-state index is -0.609. The second kappa shape index (κ2) is 5.71. The predicted octanol–water partition coefficient (Wildman–Crippen LogP) is 3.03. The Labute approximate surface area is 114 Å². The number of aromatic nitrogens is 2. The molecule has 0 spiro atoms. The number of halogens is 2. The minimum Gasteiger partial charge on any atom is -0.497 e. The number of anilines is 2. The average Bonchev–Trinajstić information content (AvgIpc) is 2.43. The van der Waals surface area contributed by atoms with Gasteiger partial charge in [-0.05, 0) is 23.7 Å². The Hall–Kier alpha value is -2.08. The van der Waals surface area contributed by atoms with Crippen LogP contribution in [0.4, 0.5) is 15.9 Å². The van der Waals surface area contributed by atoms with Crippen LogP contribution in [0.3, 0.4) is 0 Å². The normalized spacial score (nSPS) is 10.1. The summed E-state index contributed by atoms with van der Waals surface area (Å²) in [5.41, 5.74) is 0.539. The SMILES string of the molecule is COc1ccc(Nc2nc(Cl)ncc2F)c(OC)c1. The zero-order chi connectivity index (χ0) is 13.8. The zero-order valence-electron chi connectivity index (χ0n) is 10.3. The summed E-state index contributed by atoms with van der Waals surface area (Å²) in [6.45, 7) is 0. The maximum atomic E-state index is 13.5. The monoisotopic (exact) mass is 283 g/mol. The molecule has 2 aromatic rings. The molecule has 0 aliphatic heterocycles. The van der Waals surface area contributed by atoms with E-state index in [0.29, 0.717) is 17.2 Å². The highest BCUT2D eigenvalue weighted by atomic mass is 35.5. The molecular weight excluding hydrogens is 273 g/mol. The minimum absolute atomic E-state index is 0.0246. The summed E-state index contributed by atoms with van der Waals surface area (Å²) >= 11 is 5.62. The van der Waals surface area contributed by atoms with Crippen LogP contribution < -0.4 is 14.8 Å². The molecule has 2 rings (SSSR count). The molecule has 0 aliphatic carbocycles. The fourth-order valence-electron chi connectivity index (χ4n) is 1.46. The van der Waals surface area contributed by atoms with Crippen molar-refractivity contribution >= 4 is 23.1 Å². The van der Waals surface area contributed by atoms with Gasteiger partial charge in [0.05, 0.1) is 26.1 Å². The first-order valence-corrected chi connectivity index (χ1v) is 5.69. The Kier molecular flexibility index (Phi) is 4.01. The molecule has 1 N–H and O–H groups in total. The Morgan fingerprint density at radius 1 is 1.26 bits per heavy atom. The highest BCUT2D eigenvalue weighted by Gasteiger charge is 2.10. The highest BCUT2D eigenvalue weighted by Crippen LogP contribution is 2.31. The summed E-state index contributed by atoms with van der Waals surface area (Å²) in [5.74, 6) is 0.489. The quantitative estimate of drug-likeness (QED) is 0.874. The molecule has 1 aromatic carbocycles. The lowest BCUT2D eigenvalue weighted by Crippen LogP contribution is -2.01. The van der Waals surface area contributed by atoms with Crippen LogP contribution in [0, 0.1) is 5.82 Å². The van der Waals surface area contributed by atoms with Crippen LogP contribution in [-0.4, -0.2) is 24.2 Å². The van der Waals surface area contributed by atoms with Gasteiger partial charge in [0.2, 0.25) is 5.28 Å². The highest BCUT2D eigenvalue weighted by molar-refractivity contribution is 6.28. The lowest BCUT2D eigenvalue weighted by Gasteiger charge is -2.12. The topological polar surface area (TPSA) is 56.3 Å². The van der Waals surface area contributed by atoms with E-state index in [0.717, 1.165) is 6.20 Å². The second-order valence-electron chi connectivity index (χ2n) is 3.53. The molecule has 0 aliphatic rings. The zero-order valence-corrected chi connectivity index (χ0v) is 11.0. The van der Waals surface area contributed by atoms with Crippen molar-refractivity contribution in [3.8, 4) is 11.5 Å². The van der Waals surface area contributed by atoms with E-state index in [2.05, 4.69) is 15.3 Å². The number of methoxy groups -OCH3 is 2. The number of nitrogens with zero attached hydrogens (tertiary/aromatic N) is 2. The van der Waals surface area contributed by atoms with E-state index in [4.69, 9.17) is 21.1 Å². The number of hydrogen-bond acceptors (Lipinski definition) is 5. The maximum absolute atomic E-state index is 13.5. The summed E-state index contributed by atoms with van der Waals surface area (Å²) in [7, 11) is 3.05. The summed E-state index contributed by atoms with van der Waals surface area (Å²) in [4.78, 5) is 7.31. The summed E-state index contributed by atoms with van der Waals surface area (Å²) in [5, 5.41) is 2.75. The van der Waals surface area contributed by atoms with Crippen molar-refractivity contribution < 1.29 is 13.9 Å². The molecule has 0 unspecified atom stereocenters. The van der Waals surface area contributed by atoms with Crippen LogP contribution in [0.25, 0.3) is 0 Å². The van der Waals surface area contributed by atoms with Crippen molar-refractivity contribution in [3.63, 3.8) is 0 Å². The van der Waals surface area contributed by atoms with Gasteiger partial charge in [0, 0.05) is 6.07 Å². The summed E-state index contributed by atoms with van der Waals surface area (Å²) in [6, 6.07) is 5.07. The fraction of sp³-hybridized carbons (Fsp3) is 0.167. The van der Waals surface area contributed by atoms with E-state index in [1.54, 1.807) is 25.3 Å². The lowest BCUT2D eigenvalue weighted by atomic mass is 10.2. The van der Waals surface area contributed by atoms with Gasteiger partial charge in [-0.25, -0.2) is 9.37 Å². The average molecular weight is 284 g/mol. The molecule has 0 amide bonds. The third-order valence-corrected chi connectivity index (χ3v) is 2.56. The van der Waals surface area contributed by atoms with Crippen molar-refractivity contribution in [2.24, 2.45) is 0 Å². The smallest absolute Gasteiger partial charge is 0.224 e. The summed E-state index contributed by atoms with van der Waals surface area (Å²) in [6.07, 6.45) is 0.994. The van der Waals surface area contributed by atoms with Crippen molar-refractivity contribution in [1.82, 2.24) is 9.97 Å². The number of hydrogen-bond donors (Lipinski definition) is 1. The molecule has 19 heavy (non-hydrogen) atoms. The van der Waals surface area contributed by atoms with E-state index >= 15 is 0 Å². The van der Waals surface area contributed by atoms with E-state index in [9.17, 15) is 4.39 Å². The molecular formula is C12H11ClFN3O2. The third-order valence-electron chi connectivity index (χ3n) is 2.38. The van der Waals surface area contributed by atoms with Gasteiger partial charge in [-0.2, -0.15) is 4.98 Å². The van der Waals surface area contributed by atoms with E-state index in [-0.39, 0.29) is 11.1 Å². The van der Waals surface area contributed by atoms with Crippen molar-refractivity contribution in [2.75, 3.05) is 19.5 Å². The number of rotatable bonds is 4. The Morgan fingerprint density at radius 2 is 2.05 bits per heavy atom. The first-order valence-electron chi connectivity index (χ1n) is 5.31. The van der Waals surface area contributed by atoms with Crippen LogP contribution in [0.2, 0.25) is 5.28 Å². The molecule has 1 aromatic heterocycles. The molecule has 1 heterocycles. The largest absolute Gasteiger partial charge is 0.497 e. The van der Waals surface area contributed by atoms with Crippen LogP contribution >= 0.6 is 11.6 Å². The van der Waals surface area contributed by atoms with Crippen molar-refractivity contribution in [2.45, 2.75) is 0 Å². The third kappa shape index (κ3) is 3.03. The number of ether oxygens (including phenoxy) is 2. The van der Waals surface area contributed by atoms with Crippen LogP contribution in [0.1, 0.15) is 0 Å². The fourth-order valence-corrected chi connectivity index (χ4v) is 1.60. The first kappa shape index (κ1) is 13.4. The number of benzene rings is 1. The molecule has 0 bridgehead atoms. The van der Waals surface area contributed by atoms with Gasteiger partial charge >= 0.3 is 0 Å². The van der Waals surface area contributed by atoms with Crippen molar-refractivity contribution in [1.29, 1.82) is 0 Å². The van der Waals surface area contributed by atoms with Crippen molar-refractivity contribution in [3.05, 3.63) is 35.5 Å². The lowest BCUT2D eigenvalue weighted by molar-refractivity contribution is 0.395. The van der Waals surface area contributed by atoms with E-state index in [1.807, 2.05) is 0 Å². The number of nitrogens with one attached hydrogen (secondary N) is 1.